The van der Waals surface area contributed by atoms with Crippen molar-refractivity contribution in [1.82, 2.24) is 23.6 Å². The Kier molecular flexibility index (Phi) is 10.4. The van der Waals surface area contributed by atoms with Gasteiger partial charge in [-0.3, -0.25) is 9.20 Å². The molecule has 2 aromatic heterocycles. The number of carbonyl (C=O) groups is 1. The molecule has 0 atom stereocenters. The lowest BCUT2D eigenvalue weighted by molar-refractivity contribution is -0.862. The number of fused-ring (bicyclic) bond motifs is 1. The summed E-state index contributed by atoms with van der Waals surface area (Å²) in [7, 11) is 3.30. The van der Waals surface area contributed by atoms with Crippen molar-refractivity contribution in [2.24, 2.45) is 0 Å². The monoisotopic (exact) mass is 755 g/mol. The van der Waals surface area contributed by atoms with Crippen LogP contribution >= 0.6 is 0 Å². The lowest BCUT2D eigenvalue weighted by Crippen LogP contribution is -3.00. The Bertz CT molecular complexity index is 1820. The van der Waals surface area contributed by atoms with Crippen LogP contribution in [-0.2, 0) is 21.2 Å². The summed E-state index contributed by atoms with van der Waals surface area (Å²) in [5.41, 5.74) is 1.90. The van der Waals surface area contributed by atoms with Gasteiger partial charge < -0.3 is 43.4 Å². The van der Waals surface area contributed by atoms with Crippen LogP contribution < -0.4 is 34.0 Å². The van der Waals surface area contributed by atoms with Gasteiger partial charge in [-0.25, -0.2) is 22.8 Å². The molecule has 0 unspecified atom stereocenters. The van der Waals surface area contributed by atoms with E-state index >= 15 is 0 Å². The van der Waals surface area contributed by atoms with Gasteiger partial charge in [0.2, 0.25) is 15.8 Å². The Labute approximate surface area is 278 Å². The summed E-state index contributed by atoms with van der Waals surface area (Å²) >= 11 is 0. The number of likely N-dealkylation sites (N-methyl/N-ethyl adjacent to an activating group) is 1. The molecule has 1 aliphatic rings. The van der Waals surface area contributed by atoms with E-state index in [2.05, 4.69) is 15.3 Å². The highest BCUT2D eigenvalue weighted by atomic mass is 127. The minimum Gasteiger partial charge on any atom is -1.00 e. The number of rotatable bonds is 9. The number of nitrogens with one attached hydrogen (secondary N) is 1. The van der Waals surface area contributed by atoms with E-state index in [1.54, 1.807) is 33.7 Å². The molecule has 1 N–H and O–H groups in total. The summed E-state index contributed by atoms with van der Waals surface area (Å²) in [5.74, 6) is -1.99. The van der Waals surface area contributed by atoms with Crippen molar-refractivity contribution < 1.29 is 55.2 Å². The summed E-state index contributed by atoms with van der Waals surface area (Å²) in [6.45, 7) is 3.35. The SMILES string of the molecule is CCc1cc(Nc2nccn3c(-c4ccc(OC)c(F)c4F)cnc23)ccc1S(=O)(=O)N1CCN(C(=O)C[N+](C)(C)C)CC1.[I-]. The molecule has 0 bridgehead atoms. The number of halogens is 3. The Balaban J connectivity index is 0.00000461. The maximum absolute atomic E-state index is 14.9. The Morgan fingerprint density at radius 3 is 2.40 bits per heavy atom. The van der Waals surface area contributed by atoms with E-state index in [0.717, 1.165) is 0 Å². The number of piperazine rings is 1. The van der Waals surface area contributed by atoms with Crippen molar-refractivity contribution in [1.29, 1.82) is 0 Å². The van der Waals surface area contributed by atoms with Gasteiger partial charge in [-0.15, -0.1) is 0 Å². The Morgan fingerprint density at radius 1 is 1.04 bits per heavy atom. The molecule has 1 saturated heterocycles. The first-order valence-corrected chi connectivity index (χ1v) is 15.6. The van der Waals surface area contributed by atoms with Crippen LogP contribution in [-0.4, -0.2) is 103 Å². The fraction of sp³-hybridized carbons (Fsp3) is 0.367. The Hall–Kier alpha value is -3.41. The van der Waals surface area contributed by atoms with Gasteiger partial charge in [-0.2, -0.15) is 8.70 Å². The number of ether oxygens (including phenoxy) is 1. The van der Waals surface area contributed by atoms with Crippen molar-refractivity contribution >= 4 is 33.1 Å². The van der Waals surface area contributed by atoms with Crippen LogP contribution in [0.2, 0.25) is 0 Å². The highest BCUT2D eigenvalue weighted by molar-refractivity contribution is 7.89. The predicted octanol–water partition coefficient (Wildman–Crippen LogP) is 0.532. The van der Waals surface area contributed by atoms with Crippen LogP contribution in [0.15, 0.2) is 53.8 Å². The smallest absolute Gasteiger partial charge is 0.277 e. The topological polar surface area (TPSA) is 109 Å². The molecular formula is C30H36F2IN7O4S. The lowest BCUT2D eigenvalue weighted by Gasteiger charge is -2.35. The van der Waals surface area contributed by atoms with Crippen LogP contribution in [0.4, 0.5) is 20.3 Å². The van der Waals surface area contributed by atoms with Gasteiger partial charge in [0.1, 0.15) is 0 Å². The van der Waals surface area contributed by atoms with E-state index in [9.17, 15) is 22.0 Å². The molecule has 15 heteroatoms. The van der Waals surface area contributed by atoms with Crippen molar-refractivity contribution in [3.8, 4) is 17.0 Å². The van der Waals surface area contributed by atoms with Crippen LogP contribution in [0.5, 0.6) is 5.75 Å². The number of methoxy groups -OCH3 is 1. The van der Waals surface area contributed by atoms with Crippen LogP contribution in [0.1, 0.15) is 12.5 Å². The minimum absolute atomic E-state index is 0. The molecule has 242 valence electrons. The first kappa shape index (κ1) is 34.5. The average molecular weight is 756 g/mol. The van der Waals surface area contributed by atoms with E-state index in [0.29, 0.717) is 58.9 Å². The molecule has 5 rings (SSSR count). The molecule has 45 heavy (non-hydrogen) atoms. The summed E-state index contributed by atoms with van der Waals surface area (Å²) in [4.78, 5) is 23.3. The number of aryl methyl sites for hydroxylation is 1. The second kappa shape index (κ2) is 13.5. The first-order valence-electron chi connectivity index (χ1n) is 14.2. The summed E-state index contributed by atoms with van der Waals surface area (Å²) in [6.07, 6.45) is 4.98. The number of carbonyl (C=O) groups excluding carboxylic acids is 1. The number of nitrogens with zero attached hydrogens (tertiary/aromatic N) is 6. The van der Waals surface area contributed by atoms with Crippen LogP contribution in [0.3, 0.4) is 0 Å². The van der Waals surface area contributed by atoms with E-state index in [4.69, 9.17) is 4.74 Å². The zero-order valence-electron chi connectivity index (χ0n) is 25.7. The quantitative estimate of drug-likeness (QED) is 0.196. The summed E-state index contributed by atoms with van der Waals surface area (Å²) < 4.78 is 65.0. The fourth-order valence-electron chi connectivity index (χ4n) is 5.24. The van der Waals surface area contributed by atoms with Gasteiger partial charge in [-0.1, -0.05) is 6.92 Å². The summed E-state index contributed by atoms with van der Waals surface area (Å²) in [6, 6.07) is 7.74. The fourth-order valence-corrected chi connectivity index (χ4v) is 6.94. The van der Waals surface area contributed by atoms with E-state index < -0.39 is 21.7 Å². The third-order valence-corrected chi connectivity index (χ3v) is 9.49. The molecule has 2 aromatic carbocycles. The molecule has 0 spiro atoms. The zero-order chi connectivity index (χ0) is 31.8. The van der Waals surface area contributed by atoms with Gasteiger partial charge >= 0.3 is 0 Å². The molecule has 1 amide bonds. The second-order valence-electron chi connectivity index (χ2n) is 11.6. The number of hydrogen-bond acceptors (Lipinski definition) is 7. The molecule has 0 radical (unpaired) electrons. The highest BCUT2D eigenvalue weighted by Gasteiger charge is 2.32. The lowest BCUT2D eigenvalue weighted by atomic mass is 10.1. The number of sulfonamides is 1. The van der Waals surface area contributed by atoms with Crippen molar-refractivity contribution in [2.45, 2.75) is 18.2 Å². The Morgan fingerprint density at radius 2 is 1.76 bits per heavy atom. The van der Waals surface area contributed by atoms with Crippen molar-refractivity contribution in [2.75, 3.05) is 66.3 Å². The molecule has 11 nitrogen and oxygen atoms in total. The predicted molar refractivity (Wildman–Crippen MR) is 162 cm³/mol. The van der Waals surface area contributed by atoms with Crippen molar-refractivity contribution in [3.05, 3.63) is 66.1 Å². The maximum Gasteiger partial charge on any atom is 0.277 e. The maximum atomic E-state index is 14.9. The molecule has 0 saturated carbocycles. The molecule has 1 fully saturated rings. The van der Waals surface area contributed by atoms with Gasteiger partial charge in [0.25, 0.3) is 5.91 Å². The van der Waals surface area contributed by atoms with Gasteiger partial charge in [0.15, 0.2) is 29.6 Å². The number of aromatic nitrogens is 3. The number of imidazole rings is 1. The first-order chi connectivity index (χ1) is 20.8. The van der Waals surface area contributed by atoms with E-state index in [-0.39, 0.29) is 59.2 Å². The van der Waals surface area contributed by atoms with Gasteiger partial charge in [0, 0.05) is 49.8 Å². The molecule has 4 aromatic rings. The number of anilines is 2. The van der Waals surface area contributed by atoms with E-state index in [1.165, 1.54) is 35.9 Å². The summed E-state index contributed by atoms with van der Waals surface area (Å²) in [5, 5.41) is 3.19. The number of quaternary nitrogens is 1. The van der Waals surface area contributed by atoms with E-state index in [1.807, 2.05) is 28.1 Å². The molecule has 1 aliphatic heterocycles. The molecule has 3 heterocycles. The normalized spacial score (nSPS) is 14.3. The largest absolute Gasteiger partial charge is 1.00 e. The van der Waals surface area contributed by atoms with Crippen LogP contribution in [0, 0.1) is 11.6 Å². The van der Waals surface area contributed by atoms with Gasteiger partial charge in [0.05, 0.1) is 45.0 Å². The molecule has 0 aliphatic carbocycles. The average Bonchev–Trinajstić information content (AvgIpc) is 3.42. The number of hydrogen-bond donors (Lipinski definition) is 1. The highest BCUT2D eigenvalue weighted by Crippen LogP contribution is 2.32. The standard InChI is InChI=1S/C30H36F2N7O4S.HI/c1-6-20-17-21(7-10-25(20)44(41,42)37-15-13-36(14-16-37)26(40)19-39(2,3)4)35-29-30-34-18-23(38(30)12-11-33-29)22-8-9-24(43-5)28(32)27(22)31;/h7-12,17-18H,6,13-16,19H2,1-5H3,(H,33,35);1H/q+1;/p-1. The molecular weight excluding hydrogens is 719 g/mol. The zero-order valence-corrected chi connectivity index (χ0v) is 28.7. The number of benzene rings is 2. The van der Waals surface area contributed by atoms with Crippen LogP contribution in [0.25, 0.3) is 16.9 Å². The third kappa shape index (κ3) is 7.05. The van der Waals surface area contributed by atoms with Crippen molar-refractivity contribution in [3.63, 3.8) is 0 Å². The third-order valence-electron chi connectivity index (χ3n) is 7.49. The minimum atomic E-state index is -3.80. The second-order valence-corrected chi connectivity index (χ2v) is 13.5. The number of amides is 1. The van der Waals surface area contributed by atoms with Gasteiger partial charge in [-0.05, 0) is 42.3 Å².